The number of carbonyl (C=O) groups is 3. The smallest absolute Gasteiger partial charge is 0.251 e. The maximum absolute atomic E-state index is 11.8. The van der Waals surface area contributed by atoms with E-state index in [1.54, 1.807) is 24.3 Å². The van der Waals surface area contributed by atoms with Gasteiger partial charge in [-0.2, -0.15) is 0 Å². The van der Waals surface area contributed by atoms with E-state index >= 15 is 0 Å². The minimum Gasteiger partial charge on any atom is -0.550 e. The zero-order chi connectivity index (χ0) is 16.7. The van der Waals surface area contributed by atoms with Crippen LogP contribution in [-0.2, 0) is 9.59 Å². The molecule has 6 heteroatoms. The highest BCUT2D eigenvalue weighted by Crippen LogP contribution is 2.27. The Bertz CT molecular complexity index is 551. The van der Waals surface area contributed by atoms with Gasteiger partial charge in [0.15, 0.2) is 0 Å². The van der Waals surface area contributed by atoms with E-state index in [9.17, 15) is 19.5 Å². The fraction of sp³-hybridized carbons (Fsp3) is 0.471. The Balaban J connectivity index is 1.64. The number of hydrogen-bond acceptors (Lipinski definition) is 4. The SMILES string of the molecule is O=C(CNC(=O)c1ccccc1)NCC1CCC(C(=O)[O-])CC1. The van der Waals surface area contributed by atoms with Crippen molar-refractivity contribution in [3.8, 4) is 0 Å². The van der Waals surface area contributed by atoms with Crippen LogP contribution in [0.15, 0.2) is 30.3 Å². The maximum Gasteiger partial charge on any atom is 0.251 e. The lowest BCUT2D eigenvalue weighted by molar-refractivity contribution is -0.312. The Hall–Kier alpha value is -2.37. The molecule has 124 valence electrons. The van der Waals surface area contributed by atoms with Gasteiger partial charge in [-0.25, -0.2) is 0 Å². The van der Waals surface area contributed by atoms with Crippen molar-refractivity contribution in [2.75, 3.05) is 13.1 Å². The summed E-state index contributed by atoms with van der Waals surface area (Å²) in [4.78, 5) is 34.3. The molecule has 23 heavy (non-hydrogen) atoms. The van der Waals surface area contributed by atoms with Gasteiger partial charge in [-0.1, -0.05) is 18.2 Å². The van der Waals surface area contributed by atoms with E-state index in [4.69, 9.17) is 0 Å². The summed E-state index contributed by atoms with van der Waals surface area (Å²) in [5.74, 6) is -1.56. The molecule has 2 rings (SSSR count). The van der Waals surface area contributed by atoms with Gasteiger partial charge in [-0.15, -0.1) is 0 Å². The highest BCUT2D eigenvalue weighted by molar-refractivity contribution is 5.96. The van der Waals surface area contributed by atoms with E-state index in [0.29, 0.717) is 30.9 Å². The van der Waals surface area contributed by atoms with Crippen LogP contribution in [0.25, 0.3) is 0 Å². The molecule has 0 atom stereocenters. The first kappa shape index (κ1) is 17.0. The van der Waals surface area contributed by atoms with Crippen LogP contribution < -0.4 is 15.7 Å². The quantitative estimate of drug-likeness (QED) is 0.777. The fourth-order valence-electron chi connectivity index (χ4n) is 2.78. The first-order chi connectivity index (χ1) is 11.1. The van der Waals surface area contributed by atoms with E-state index in [2.05, 4.69) is 10.6 Å². The van der Waals surface area contributed by atoms with Crippen molar-refractivity contribution in [3.63, 3.8) is 0 Å². The summed E-state index contributed by atoms with van der Waals surface area (Å²) in [7, 11) is 0. The molecule has 0 saturated heterocycles. The zero-order valence-electron chi connectivity index (χ0n) is 12.9. The fourth-order valence-corrected chi connectivity index (χ4v) is 2.78. The van der Waals surface area contributed by atoms with Crippen LogP contribution in [0.3, 0.4) is 0 Å². The van der Waals surface area contributed by atoms with Crippen molar-refractivity contribution >= 4 is 17.8 Å². The summed E-state index contributed by atoms with van der Waals surface area (Å²) < 4.78 is 0. The van der Waals surface area contributed by atoms with Crippen molar-refractivity contribution in [1.29, 1.82) is 0 Å². The number of carboxylic acids is 1. The molecule has 0 aromatic heterocycles. The van der Waals surface area contributed by atoms with Gasteiger partial charge in [0.2, 0.25) is 5.91 Å². The van der Waals surface area contributed by atoms with E-state index in [-0.39, 0.29) is 24.3 Å². The summed E-state index contributed by atoms with van der Waals surface area (Å²) in [6.07, 6.45) is 2.76. The molecule has 2 N–H and O–H groups in total. The predicted octanol–water partition coefficient (Wildman–Crippen LogP) is 0.0889. The lowest BCUT2D eigenvalue weighted by Crippen LogP contribution is -2.40. The number of carboxylic acid groups (broad SMARTS) is 1. The molecule has 1 aliphatic rings. The van der Waals surface area contributed by atoms with Gasteiger partial charge >= 0.3 is 0 Å². The molecule has 2 amide bonds. The number of aliphatic carboxylic acids is 1. The van der Waals surface area contributed by atoms with Crippen LogP contribution in [-0.4, -0.2) is 30.9 Å². The second-order valence-corrected chi connectivity index (χ2v) is 5.89. The second kappa shape index (κ2) is 8.31. The van der Waals surface area contributed by atoms with Crippen molar-refractivity contribution in [2.45, 2.75) is 25.7 Å². The summed E-state index contributed by atoms with van der Waals surface area (Å²) >= 11 is 0. The minimum atomic E-state index is -0.976. The molecule has 0 unspecified atom stereocenters. The summed E-state index contributed by atoms with van der Waals surface area (Å²) in [6.45, 7) is 0.446. The Morgan fingerprint density at radius 3 is 2.26 bits per heavy atom. The molecule has 1 aromatic carbocycles. The number of nitrogens with one attached hydrogen (secondary N) is 2. The topological polar surface area (TPSA) is 98.3 Å². The Kier molecular flexibility index (Phi) is 6.14. The van der Waals surface area contributed by atoms with Crippen LogP contribution in [0.2, 0.25) is 0 Å². The molecule has 6 nitrogen and oxygen atoms in total. The monoisotopic (exact) mass is 317 g/mol. The van der Waals surface area contributed by atoms with Gasteiger partial charge in [-0.3, -0.25) is 9.59 Å². The largest absolute Gasteiger partial charge is 0.550 e. The third-order valence-electron chi connectivity index (χ3n) is 4.21. The zero-order valence-corrected chi connectivity index (χ0v) is 12.9. The molecular weight excluding hydrogens is 296 g/mol. The standard InChI is InChI=1S/C17H22N2O4/c20-15(11-19-16(21)13-4-2-1-3-5-13)18-10-12-6-8-14(9-7-12)17(22)23/h1-5,12,14H,6-11H2,(H,18,20)(H,19,21)(H,22,23)/p-1. The molecule has 0 heterocycles. The van der Waals surface area contributed by atoms with Crippen LogP contribution >= 0.6 is 0 Å². The Morgan fingerprint density at radius 2 is 1.65 bits per heavy atom. The van der Waals surface area contributed by atoms with E-state index in [1.807, 2.05) is 6.07 Å². The summed E-state index contributed by atoms with van der Waals surface area (Å²) in [5, 5.41) is 16.1. The number of rotatable bonds is 6. The molecule has 1 fully saturated rings. The van der Waals surface area contributed by atoms with Gasteiger partial charge in [-0.05, 0) is 49.7 Å². The Labute approximate surface area is 135 Å². The first-order valence-corrected chi connectivity index (χ1v) is 7.87. The average molecular weight is 317 g/mol. The lowest BCUT2D eigenvalue weighted by atomic mass is 9.82. The highest BCUT2D eigenvalue weighted by atomic mass is 16.4. The van der Waals surface area contributed by atoms with E-state index in [1.165, 1.54) is 0 Å². The first-order valence-electron chi connectivity index (χ1n) is 7.87. The molecule has 1 aromatic rings. The molecule has 0 spiro atoms. The summed E-state index contributed by atoms with van der Waals surface area (Å²) in [6, 6.07) is 8.71. The van der Waals surface area contributed by atoms with Crippen molar-refractivity contribution in [3.05, 3.63) is 35.9 Å². The minimum absolute atomic E-state index is 0.0673. The van der Waals surface area contributed by atoms with Crippen molar-refractivity contribution in [2.24, 2.45) is 11.8 Å². The lowest BCUT2D eigenvalue weighted by Gasteiger charge is -2.29. The van der Waals surface area contributed by atoms with Crippen LogP contribution in [0.4, 0.5) is 0 Å². The van der Waals surface area contributed by atoms with E-state index < -0.39 is 5.97 Å². The maximum atomic E-state index is 11.8. The normalized spacial score (nSPS) is 20.5. The predicted molar refractivity (Wildman–Crippen MR) is 82.2 cm³/mol. The molecule has 0 bridgehead atoms. The number of amides is 2. The molecule has 1 aliphatic carbocycles. The van der Waals surface area contributed by atoms with Gasteiger partial charge in [0.1, 0.15) is 0 Å². The van der Waals surface area contributed by atoms with Gasteiger partial charge in [0.25, 0.3) is 5.91 Å². The van der Waals surface area contributed by atoms with Gasteiger partial charge in [0.05, 0.1) is 6.54 Å². The van der Waals surface area contributed by atoms with Gasteiger partial charge in [0, 0.05) is 18.1 Å². The van der Waals surface area contributed by atoms with Crippen LogP contribution in [0, 0.1) is 11.8 Å². The van der Waals surface area contributed by atoms with Crippen LogP contribution in [0.5, 0.6) is 0 Å². The third kappa shape index (κ3) is 5.39. The van der Waals surface area contributed by atoms with E-state index in [0.717, 1.165) is 12.8 Å². The highest BCUT2D eigenvalue weighted by Gasteiger charge is 2.22. The third-order valence-corrected chi connectivity index (χ3v) is 4.21. The number of carbonyl (C=O) groups excluding carboxylic acids is 3. The number of hydrogen-bond donors (Lipinski definition) is 2. The van der Waals surface area contributed by atoms with Crippen LogP contribution in [0.1, 0.15) is 36.0 Å². The Morgan fingerprint density at radius 1 is 1.00 bits per heavy atom. The summed E-state index contributed by atoms with van der Waals surface area (Å²) in [5.41, 5.74) is 0.515. The average Bonchev–Trinajstić information content (AvgIpc) is 2.59. The van der Waals surface area contributed by atoms with Crippen molar-refractivity contribution in [1.82, 2.24) is 10.6 Å². The molecular formula is C17H21N2O4-. The number of benzene rings is 1. The van der Waals surface area contributed by atoms with Gasteiger partial charge < -0.3 is 20.5 Å². The molecule has 0 radical (unpaired) electrons. The molecule has 0 aliphatic heterocycles. The second-order valence-electron chi connectivity index (χ2n) is 5.89. The van der Waals surface area contributed by atoms with Crippen molar-refractivity contribution < 1.29 is 19.5 Å². The molecule has 1 saturated carbocycles.